The number of carbonyl (C=O) groups excluding carboxylic acids is 2. The first kappa shape index (κ1) is 23.5. The quantitative estimate of drug-likeness (QED) is 0.455. The zero-order valence-electron chi connectivity index (χ0n) is 17.4. The predicted octanol–water partition coefficient (Wildman–Crippen LogP) is 7.02. The van der Waals surface area contributed by atoms with E-state index in [4.69, 9.17) is 11.6 Å². The molecule has 0 bridgehead atoms. The summed E-state index contributed by atoms with van der Waals surface area (Å²) in [6, 6.07) is 9.72. The molecule has 3 nitrogen and oxygen atoms in total. The summed E-state index contributed by atoms with van der Waals surface area (Å²) in [5.74, 6) is -2.05. The minimum absolute atomic E-state index is 0.00967. The highest BCUT2D eigenvalue weighted by molar-refractivity contribution is 8.13. The number of hydrogen-bond acceptors (Lipinski definition) is 4. The Kier molecular flexibility index (Phi) is 6.40. The van der Waals surface area contributed by atoms with E-state index in [-0.39, 0.29) is 21.0 Å². The highest BCUT2D eigenvalue weighted by Gasteiger charge is 2.41. The van der Waals surface area contributed by atoms with Crippen LogP contribution in [0.15, 0.2) is 41.4 Å². The van der Waals surface area contributed by atoms with Crippen LogP contribution < -0.4 is 0 Å². The van der Waals surface area contributed by atoms with E-state index in [1.807, 2.05) is 24.3 Å². The first-order chi connectivity index (χ1) is 14.3. The van der Waals surface area contributed by atoms with Crippen molar-refractivity contribution in [3.63, 3.8) is 0 Å². The maximum atomic E-state index is 13.5. The second-order valence-corrected chi connectivity index (χ2v) is 9.87. The summed E-state index contributed by atoms with van der Waals surface area (Å²) < 4.78 is 40.6. The molecular formula is C23H21ClF3NO2S. The van der Waals surface area contributed by atoms with Gasteiger partial charge in [-0.25, -0.2) is 4.99 Å². The lowest BCUT2D eigenvalue weighted by Crippen LogP contribution is -2.32. The van der Waals surface area contributed by atoms with E-state index >= 15 is 0 Å². The Balaban J connectivity index is 1.99. The fourth-order valence-electron chi connectivity index (χ4n) is 3.30. The van der Waals surface area contributed by atoms with Crippen LogP contribution in [0.2, 0.25) is 5.02 Å². The van der Waals surface area contributed by atoms with Crippen LogP contribution in [0.25, 0.3) is 0 Å². The summed E-state index contributed by atoms with van der Waals surface area (Å²) in [5, 5.41) is -0.162. The minimum atomic E-state index is -4.74. The third-order valence-corrected chi connectivity index (χ3v) is 6.31. The van der Waals surface area contributed by atoms with E-state index in [0.717, 1.165) is 35.0 Å². The molecule has 8 heteroatoms. The molecule has 0 aromatic heterocycles. The molecule has 31 heavy (non-hydrogen) atoms. The smallest absolute Gasteiger partial charge is 0.299 e. The van der Waals surface area contributed by atoms with Gasteiger partial charge < -0.3 is 0 Å². The van der Waals surface area contributed by atoms with E-state index in [1.54, 1.807) is 0 Å². The highest BCUT2D eigenvalue weighted by atomic mass is 35.5. The number of ketones is 2. The molecular weight excluding hydrogens is 447 g/mol. The summed E-state index contributed by atoms with van der Waals surface area (Å²) in [6.45, 7) is 7.52. The van der Waals surface area contributed by atoms with Gasteiger partial charge >= 0.3 is 6.18 Å². The molecule has 0 fully saturated rings. The molecule has 0 radical (unpaired) electrons. The molecule has 0 aliphatic carbocycles. The summed E-state index contributed by atoms with van der Waals surface area (Å²) in [7, 11) is 0. The van der Waals surface area contributed by atoms with E-state index < -0.39 is 34.9 Å². The number of benzene rings is 2. The van der Waals surface area contributed by atoms with Crippen LogP contribution in [-0.4, -0.2) is 16.6 Å². The highest BCUT2D eigenvalue weighted by Crippen LogP contribution is 2.44. The van der Waals surface area contributed by atoms with Gasteiger partial charge in [-0.15, -0.1) is 11.8 Å². The SMILES string of the molecule is CC(=O)C1C(=O)c2cc(Cl)cc(C(F)(F)F)c2N=C1SCc1ccc(C(C)(C)C)cc1. The maximum Gasteiger partial charge on any atom is 0.418 e. The number of thioether (sulfide) groups is 1. The van der Waals surface area contributed by atoms with Crippen LogP contribution in [0.4, 0.5) is 18.9 Å². The minimum Gasteiger partial charge on any atom is -0.299 e. The topological polar surface area (TPSA) is 46.5 Å². The molecule has 0 N–H and O–H groups in total. The summed E-state index contributed by atoms with van der Waals surface area (Å²) in [4.78, 5) is 29.3. The van der Waals surface area contributed by atoms with Gasteiger partial charge in [0.1, 0.15) is 11.7 Å². The number of nitrogens with zero attached hydrogens (tertiary/aromatic N) is 1. The molecule has 164 valence electrons. The van der Waals surface area contributed by atoms with Crippen molar-refractivity contribution in [3.05, 3.63) is 63.7 Å². The molecule has 2 aromatic carbocycles. The average molecular weight is 468 g/mol. The van der Waals surface area contributed by atoms with Crippen LogP contribution in [0.3, 0.4) is 0 Å². The van der Waals surface area contributed by atoms with Crippen LogP contribution >= 0.6 is 23.4 Å². The number of hydrogen-bond donors (Lipinski definition) is 0. The van der Waals surface area contributed by atoms with Crippen molar-refractivity contribution in [2.75, 3.05) is 0 Å². The lowest BCUT2D eigenvalue weighted by molar-refractivity contribution is -0.137. The number of Topliss-reactive ketones (excluding diaryl/α,β-unsaturated/α-hetero) is 2. The Morgan fingerprint density at radius 3 is 2.26 bits per heavy atom. The number of rotatable bonds is 3. The van der Waals surface area contributed by atoms with Gasteiger partial charge in [0, 0.05) is 16.3 Å². The van der Waals surface area contributed by atoms with Gasteiger partial charge in [0.2, 0.25) is 0 Å². The first-order valence-electron chi connectivity index (χ1n) is 9.55. The van der Waals surface area contributed by atoms with Gasteiger partial charge in [-0.1, -0.05) is 56.6 Å². The molecule has 0 saturated heterocycles. The largest absolute Gasteiger partial charge is 0.418 e. The van der Waals surface area contributed by atoms with E-state index in [1.165, 1.54) is 6.92 Å². The lowest BCUT2D eigenvalue weighted by atomic mass is 9.87. The van der Waals surface area contributed by atoms with Crippen LogP contribution in [0.1, 0.15) is 54.7 Å². The van der Waals surface area contributed by atoms with Gasteiger partial charge in [-0.05, 0) is 35.6 Å². The Morgan fingerprint density at radius 2 is 1.74 bits per heavy atom. The number of carbonyl (C=O) groups is 2. The van der Waals surface area contributed by atoms with E-state index in [0.29, 0.717) is 5.75 Å². The molecule has 1 heterocycles. The third-order valence-electron chi connectivity index (χ3n) is 4.99. The molecule has 1 unspecified atom stereocenters. The molecule has 2 aromatic rings. The van der Waals surface area contributed by atoms with Gasteiger partial charge in [-0.2, -0.15) is 13.2 Å². The van der Waals surface area contributed by atoms with Gasteiger partial charge in [-0.3, -0.25) is 9.59 Å². The molecule has 1 aliphatic rings. The zero-order valence-corrected chi connectivity index (χ0v) is 19.0. The molecule has 3 rings (SSSR count). The van der Waals surface area contributed by atoms with Gasteiger partial charge in [0.25, 0.3) is 0 Å². The van der Waals surface area contributed by atoms with Crippen LogP contribution in [0.5, 0.6) is 0 Å². The van der Waals surface area contributed by atoms with Crippen molar-refractivity contribution in [1.29, 1.82) is 0 Å². The number of halogens is 4. The van der Waals surface area contributed by atoms with Crippen molar-refractivity contribution in [2.45, 2.75) is 45.0 Å². The van der Waals surface area contributed by atoms with E-state index in [2.05, 4.69) is 25.8 Å². The zero-order chi connectivity index (χ0) is 23.1. The Hall–Kier alpha value is -2.12. The molecule has 1 atom stereocenters. The Morgan fingerprint density at radius 1 is 1.13 bits per heavy atom. The summed E-state index contributed by atoms with van der Waals surface area (Å²) >= 11 is 6.91. The Labute approximate surface area is 188 Å². The van der Waals surface area contributed by atoms with Crippen LogP contribution in [0, 0.1) is 5.92 Å². The predicted molar refractivity (Wildman–Crippen MR) is 118 cm³/mol. The third kappa shape index (κ3) is 5.04. The van der Waals surface area contributed by atoms with Crippen molar-refractivity contribution in [2.24, 2.45) is 10.9 Å². The fourth-order valence-corrected chi connectivity index (χ4v) is 4.62. The standard InChI is InChI=1S/C23H21ClF3NO2S/c1-12(29)18-20(30)16-9-15(24)10-17(23(25,26)27)19(16)28-21(18)31-11-13-5-7-14(8-6-13)22(2,3)4/h5-10,18H,11H2,1-4H3. The van der Waals surface area contributed by atoms with Crippen molar-refractivity contribution < 1.29 is 22.8 Å². The van der Waals surface area contributed by atoms with Crippen molar-refractivity contribution in [3.8, 4) is 0 Å². The normalized spacial score (nSPS) is 16.7. The maximum absolute atomic E-state index is 13.5. The molecule has 0 spiro atoms. The second kappa shape index (κ2) is 8.43. The summed E-state index contributed by atoms with van der Waals surface area (Å²) in [6.07, 6.45) is -4.74. The van der Waals surface area contributed by atoms with Gasteiger partial charge in [0.05, 0.1) is 16.3 Å². The van der Waals surface area contributed by atoms with Gasteiger partial charge in [0.15, 0.2) is 5.78 Å². The average Bonchev–Trinajstić information content (AvgIpc) is 2.65. The molecule has 0 amide bonds. The number of alkyl halides is 3. The summed E-state index contributed by atoms with van der Waals surface area (Å²) in [5.41, 5.74) is 0.202. The fraction of sp³-hybridized carbons (Fsp3) is 0.348. The monoisotopic (exact) mass is 467 g/mol. The number of fused-ring (bicyclic) bond motifs is 1. The number of aliphatic imine (C=N–C) groups is 1. The second-order valence-electron chi connectivity index (χ2n) is 8.44. The Bertz CT molecular complexity index is 1070. The first-order valence-corrected chi connectivity index (χ1v) is 10.9. The van der Waals surface area contributed by atoms with Crippen molar-refractivity contribution in [1.82, 2.24) is 0 Å². The van der Waals surface area contributed by atoms with Crippen LogP contribution in [-0.2, 0) is 22.1 Å². The molecule has 0 saturated carbocycles. The van der Waals surface area contributed by atoms with E-state index in [9.17, 15) is 22.8 Å². The molecule has 1 aliphatic heterocycles. The van der Waals surface area contributed by atoms with Crippen molar-refractivity contribution >= 4 is 45.7 Å². The lowest BCUT2D eigenvalue weighted by Gasteiger charge is -2.24.